The van der Waals surface area contributed by atoms with Gasteiger partial charge in [-0.15, -0.1) is 0 Å². The number of fused-ring (bicyclic) bond motifs is 3. The van der Waals surface area contributed by atoms with Crippen molar-refractivity contribution in [2.45, 2.75) is 114 Å². The normalized spacial score (nSPS) is 19.0. The Morgan fingerprint density at radius 3 is 1.60 bits per heavy atom. The Morgan fingerprint density at radius 2 is 1.20 bits per heavy atom. The molecule has 2 aromatic carbocycles. The molecule has 0 saturated carbocycles. The molecule has 0 amide bonds. The van der Waals surface area contributed by atoms with Gasteiger partial charge >= 0.3 is 0 Å². The van der Waals surface area contributed by atoms with Crippen molar-refractivity contribution in [1.82, 2.24) is 4.57 Å². The SMILES string of the molecule is CC(C)/C=C/C1=C(n2c3ccc(C(C)(C)C)cc3c3cc(C(C)(C)C)ccc32)C(=C/C(C)C)/CC(C(C)(C)C)C1. The van der Waals surface area contributed by atoms with Gasteiger partial charge < -0.3 is 4.57 Å². The van der Waals surface area contributed by atoms with Crippen LogP contribution in [0.25, 0.3) is 27.5 Å². The number of hydrogen-bond acceptors (Lipinski definition) is 0. The molecule has 1 aliphatic carbocycles. The molecule has 1 unspecified atom stereocenters. The maximum Gasteiger partial charge on any atom is 0.0541 e. The Balaban J connectivity index is 2.17. The molecule has 1 atom stereocenters. The summed E-state index contributed by atoms with van der Waals surface area (Å²) in [6.07, 6.45) is 9.63. The third-order valence-corrected chi connectivity index (χ3v) is 8.70. The molecule has 3 aromatic rings. The average molecular weight is 538 g/mol. The summed E-state index contributed by atoms with van der Waals surface area (Å²) in [5.41, 5.74) is 10.3. The fourth-order valence-corrected chi connectivity index (χ4v) is 6.10. The van der Waals surface area contributed by atoms with Crippen LogP contribution in [-0.4, -0.2) is 4.57 Å². The van der Waals surface area contributed by atoms with E-state index in [1.165, 1.54) is 49.8 Å². The van der Waals surface area contributed by atoms with Crippen molar-refractivity contribution in [3.63, 3.8) is 0 Å². The van der Waals surface area contributed by atoms with Gasteiger partial charge in [-0.05, 0) is 93.4 Å². The fourth-order valence-electron chi connectivity index (χ4n) is 6.10. The van der Waals surface area contributed by atoms with Crippen molar-refractivity contribution < 1.29 is 0 Å². The summed E-state index contributed by atoms with van der Waals surface area (Å²) in [5, 5.41) is 2.74. The molecule has 1 heterocycles. The Hall–Kier alpha value is -2.54. The van der Waals surface area contributed by atoms with Crippen LogP contribution in [0.2, 0.25) is 0 Å². The van der Waals surface area contributed by atoms with Gasteiger partial charge in [-0.2, -0.15) is 0 Å². The van der Waals surface area contributed by atoms with Gasteiger partial charge in [-0.1, -0.05) is 120 Å². The molecule has 1 aromatic heterocycles. The first-order valence-corrected chi connectivity index (χ1v) is 15.6. The van der Waals surface area contributed by atoms with Crippen LogP contribution in [0.1, 0.15) is 114 Å². The van der Waals surface area contributed by atoms with E-state index in [0.29, 0.717) is 17.8 Å². The van der Waals surface area contributed by atoms with Crippen molar-refractivity contribution in [2.24, 2.45) is 23.2 Å². The minimum absolute atomic E-state index is 0.0994. The van der Waals surface area contributed by atoms with E-state index in [-0.39, 0.29) is 16.2 Å². The molecule has 0 fully saturated rings. The summed E-state index contributed by atoms with van der Waals surface area (Å²) >= 11 is 0. The number of hydrogen-bond donors (Lipinski definition) is 0. The van der Waals surface area contributed by atoms with Gasteiger partial charge in [-0.3, -0.25) is 0 Å². The molecule has 0 N–H and O–H groups in total. The molecular formula is C39H55N. The third kappa shape index (κ3) is 6.19. The van der Waals surface area contributed by atoms with Gasteiger partial charge in [0.1, 0.15) is 0 Å². The lowest BCUT2D eigenvalue weighted by atomic mass is 9.69. The molecular weight excluding hydrogens is 482 g/mol. The fraction of sp³-hybridized carbons (Fsp3) is 0.538. The van der Waals surface area contributed by atoms with Crippen LogP contribution in [-0.2, 0) is 10.8 Å². The molecule has 0 aliphatic heterocycles. The molecule has 1 nitrogen and oxygen atoms in total. The number of rotatable bonds is 4. The highest BCUT2D eigenvalue weighted by Crippen LogP contribution is 2.48. The van der Waals surface area contributed by atoms with E-state index in [2.05, 4.69) is 149 Å². The van der Waals surface area contributed by atoms with E-state index in [4.69, 9.17) is 0 Å². The predicted molar refractivity (Wildman–Crippen MR) is 179 cm³/mol. The molecule has 4 rings (SSSR count). The molecule has 216 valence electrons. The minimum Gasteiger partial charge on any atom is -0.309 e. The van der Waals surface area contributed by atoms with Crippen molar-refractivity contribution in [3.8, 4) is 0 Å². The first kappa shape index (κ1) is 30.4. The second-order valence-electron chi connectivity index (χ2n) is 16.2. The minimum atomic E-state index is 0.0994. The molecule has 1 heteroatoms. The van der Waals surface area contributed by atoms with Crippen LogP contribution in [0.15, 0.2) is 65.8 Å². The van der Waals surface area contributed by atoms with E-state index in [1.807, 2.05) is 0 Å². The van der Waals surface area contributed by atoms with Gasteiger partial charge in [0.25, 0.3) is 0 Å². The first-order chi connectivity index (χ1) is 18.4. The lowest BCUT2D eigenvalue weighted by Gasteiger charge is -2.38. The van der Waals surface area contributed by atoms with Gasteiger partial charge in [-0.25, -0.2) is 0 Å². The largest absolute Gasteiger partial charge is 0.309 e. The Kier molecular flexibility index (Phi) is 8.14. The molecule has 40 heavy (non-hydrogen) atoms. The van der Waals surface area contributed by atoms with Crippen LogP contribution >= 0.6 is 0 Å². The average Bonchev–Trinajstić information content (AvgIpc) is 3.13. The Bertz CT molecular complexity index is 1400. The summed E-state index contributed by atoms with van der Waals surface area (Å²) in [4.78, 5) is 0. The van der Waals surface area contributed by atoms with Gasteiger partial charge in [0.15, 0.2) is 0 Å². The van der Waals surface area contributed by atoms with Crippen molar-refractivity contribution >= 4 is 27.5 Å². The highest BCUT2D eigenvalue weighted by molar-refractivity contribution is 6.11. The second kappa shape index (κ2) is 10.7. The molecule has 1 aliphatic rings. The number of allylic oxidation sites excluding steroid dienone is 6. The number of aromatic nitrogens is 1. The van der Waals surface area contributed by atoms with Crippen LogP contribution in [0.3, 0.4) is 0 Å². The van der Waals surface area contributed by atoms with Gasteiger partial charge in [0, 0.05) is 10.8 Å². The second-order valence-corrected chi connectivity index (χ2v) is 16.2. The maximum atomic E-state index is 2.62. The van der Waals surface area contributed by atoms with Crippen LogP contribution in [0.4, 0.5) is 0 Å². The zero-order valence-electron chi connectivity index (χ0n) is 27.8. The molecule has 0 radical (unpaired) electrons. The van der Waals surface area contributed by atoms with Gasteiger partial charge in [0.2, 0.25) is 0 Å². The standard InChI is InChI=1S/C39H55N/c1-25(2)14-15-27-21-31(39(11,12)13)22-28(20-26(3)4)36(27)40-34-18-16-29(37(5,6)7)23-32(34)33-24-30(38(8,9)10)17-19-35(33)40/h14-20,23-26,31H,21-22H2,1-13H3/b15-14+,28-20+. The summed E-state index contributed by atoms with van der Waals surface area (Å²) in [7, 11) is 0. The zero-order chi connectivity index (χ0) is 29.8. The summed E-state index contributed by atoms with van der Waals surface area (Å²) in [6.45, 7) is 30.4. The smallest absolute Gasteiger partial charge is 0.0541 e. The van der Waals surface area contributed by atoms with Crippen LogP contribution in [0.5, 0.6) is 0 Å². The monoisotopic (exact) mass is 537 g/mol. The summed E-state index contributed by atoms with van der Waals surface area (Å²) in [5.74, 6) is 1.62. The highest BCUT2D eigenvalue weighted by atomic mass is 15.0. The van der Waals surface area contributed by atoms with Crippen molar-refractivity contribution in [1.29, 1.82) is 0 Å². The lowest BCUT2D eigenvalue weighted by molar-refractivity contribution is 0.234. The van der Waals surface area contributed by atoms with E-state index in [9.17, 15) is 0 Å². The molecule has 0 bridgehead atoms. The number of nitrogens with zero attached hydrogens (tertiary/aromatic N) is 1. The summed E-state index contributed by atoms with van der Waals surface area (Å²) < 4.78 is 2.62. The first-order valence-electron chi connectivity index (χ1n) is 15.6. The Morgan fingerprint density at radius 1 is 0.700 bits per heavy atom. The molecule has 0 saturated heterocycles. The third-order valence-electron chi connectivity index (χ3n) is 8.70. The van der Waals surface area contributed by atoms with Crippen molar-refractivity contribution in [3.05, 3.63) is 76.9 Å². The van der Waals surface area contributed by atoms with Crippen LogP contribution in [0, 0.1) is 23.2 Å². The lowest BCUT2D eigenvalue weighted by Crippen LogP contribution is -2.26. The van der Waals surface area contributed by atoms with Crippen molar-refractivity contribution in [2.75, 3.05) is 0 Å². The van der Waals surface area contributed by atoms with E-state index in [1.54, 1.807) is 0 Å². The van der Waals surface area contributed by atoms with E-state index >= 15 is 0 Å². The van der Waals surface area contributed by atoms with Gasteiger partial charge in [0.05, 0.1) is 16.7 Å². The molecule has 0 spiro atoms. The highest BCUT2D eigenvalue weighted by Gasteiger charge is 2.34. The van der Waals surface area contributed by atoms with E-state index in [0.717, 1.165) is 12.8 Å². The van der Waals surface area contributed by atoms with Crippen LogP contribution < -0.4 is 0 Å². The van der Waals surface area contributed by atoms with E-state index < -0.39 is 0 Å². The number of benzene rings is 2. The topological polar surface area (TPSA) is 4.93 Å². The summed E-state index contributed by atoms with van der Waals surface area (Å²) in [6, 6.07) is 14.5. The zero-order valence-corrected chi connectivity index (χ0v) is 27.8. The predicted octanol–water partition coefficient (Wildman–Crippen LogP) is 11.9. The maximum absolute atomic E-state index is 2.62. The Labute approximate surface area is 245 Å². The quantitative estimate of drug-likeness (QED) is 0.312.